The molecule has 1 aliphatic heterocycles. The Morgan fingerprint density at radius 3 is 2.63 bits per heavy atom. The summed E-state index contributed by atoms with van der Waals surface area (Å²) in [5.41, 5.74) is 6.26. The Morgan fingerprint density at radius 2 is 2.26 bits per heavy atom. The smallest absolute Gasteiger partial charge is 0.334 e. The minimum atomic E-state index is -1.65. The lowest BCUT2D eigenvalue weighted by Crippen LogP contribution is -2.62. The van der Waals surface area contributed by atoms with Crippen LogP contribution in [-0.4, -0.2) is 45.8 Å². The molecule has 0 radical (unpaired) electrons. The highest BCUT2D eigenvalue weighted by Crippen LogP contribution is 2.30. The first-order chi connectivity index (χ1) is 8.72. The highest BCUT2D eigenvalue weighted by molar-refractivity contribution is 6.26. The van der Waals surface area contributed by atoms with Crippen molar-refractivity contribution in [2.24, 2.45) is 10.5 Å². The number of alkyl halides is 1. The Bertz CT molecular complexity index is 472. The number of ketones is 1. The van der Waals surface area contributed by atoms with Crippen molar-refractivity contribution in [3.63, 3.8) is 0 Å². The second-order valence-corrected chi connectivity index (χ2v) is 5.32. The first kappa shape index (κ1) is 15.3. The van der Waals surface area contributed by atoms with Crippen LogP contribution in [0.25, 0.3) is 10.4 Å². The first-order valence-corrected chi connectivity index (χ1v) is 5.89. The van der Waals surface area contributed by atoms with Crippen molar-refractivity contribution in [2.45, 2.75) is 31.8 Å². The molecule has 1 fully saturated rings. The van der Waals surface area contributed by atoms with E-state index in [2.05, 4.69) is 10.0 Å². The minimum Gasteiger partial charge on any atom is -0.479 e. The highest BCUT2D eigenvalue weighted by Gasteiger charge is 2.49. The molecular weight excluding hydrogens is 276 g/mol. The van der Waals surface area contributed by atoms with Gasteiger partial charge >= 0.3 is 5.97 Å². The van der Waals surface area contributed by atoms with Gasteiger partial charge in [0.15, 0.2) is 11.8 Å². The fourth-order valence-corrected chi connectivity index (χ4v) is 2.06. The van der Waals surface area contributed by atoms with E-state index in [-0.39, 0.29) is 13.0 Å². The third kappa shape index (κ3) is 2.97. The van der Waals surface area contributed by atoms with Gasteiger partial charge in [-0.3, -0.25) is 9.59 Å². The van der Waals surface area contributed by atoms with Crippen LogP contribution in [0, 0.1) is 5.41 Å². The molecule has 1 saturated heterocycles. The number of nitrogens with zero attached hydrogens (tertiary/aromatic N) is 4. The number of aliphatic carboxylic acids is 1. The largest absolute Gasteiger partial charge is 0.479 e. The van der Waals surface area contributed by atoms with Gasteiger partial charge in [-0.15, -0.1) is 0 Å². The van der Waals surface area contributed by atoms with Crippen molar-refractivity contribution < 1.29 is 19.5 Å². The van der Waals surface area contributed by atoms with Gasteiger partial charge in [0.05, 0.1) is 6.42 Å². The van der Waals surface area contributed by atoms with E-state index in [1.807, 2.05) is 0 Å². The summed E-state index contributed by atoms with van der Waals surface area (Å²) in [7, 11) is 0. The summed E-state index contributed by atoms with van der Waals surface area (Å²) in [5.74, 6) is -2.65. The lowest BCUT2D eigenvalue weighted by molar-refractivity contribution is -0.164. The van der Waals surface area contributed by atoms with Crippen molar-refractivity contribution in [1.82, 2.24) is 4.90 Å². The molecule has 8 nitrogen and oxygen atoms in total. The third-order valence-electron chi connectivity index (χ3n) is 2.89. The summed E-state index contributed by atoms with van der Waals surface area (Å²) in [6, 6.07) is -1.65. The van der Waals surface area contributed by atoms with E-state index >= 15 is 0 Å². The standard InChI is InChI=1S/C10H13ClN4O4/c1-10(2,4-13-14-12)8(17)7(9(18)19)15-5(11)3-6(15)16/h5,7H,3-4H2,1-2H3,(H,18,19). The number of amides is 1. The summed E-state index contributed by atoms with van der Waals surface area (Å²) in [4.78, 5) is 38.2. The van der Waals surface area contributed by atoms with E-state index in [4.69, 9.17) is 22.2 Å². The van der Waals surface area contributed by atoms with E-state index in [9.17, 15) is 14.4 Å². The zero-order chi connectivity index (χ0) is 14.8. The van der Waals surface area contributed by atoms with Crippen LogP contribution in [0.1, 0.15) is 20.3 Å². The van der Waals surface area contributed by atoms with E-state index in [1.54, 1.807) is 0 Å². The number of likely N-dealkylation sites (tertiary alicyclic amines) is 1. The van der Waals surface area contributed by atoms with Crippen molar-refractivity contribution in [2.75, 3.05) is 6.54 Å². The number of Topliss-reactive ketones (excluding diaryl/α,β-unsaturated/α-hetero) is 1. The number of carbonyl (C=O) groups is 3. The maximum Gasteiger partial charge on any atom is 0.334 e. The molecule has 0 aromatic rings. The van der Waals surface area contributed by atoms with Crippen molar-refractivity contribution >= 4 is 29.3 Å². The zero-order valence-electron chi connectivity index (χ0n) is 10.4. The number of β-lactam (4-membered cyclic amide) rings is 1. The Hall–Kier alpha value is -1.79. The summed E-state index contributed by atoms with van der Waals surface area (Å²) in [5, 5.41) is 12.4. The molecule has 1 rings (SSSR count). The van der Waals surface area contributed by atoms with E-state index in [0.717, 1.165) is 4.90 Å². The molecule has 0 aromatic heterocycles. The molecule has 2 unspecified atom stereocenters. The molecule has 104 valence electrons. The van der Waals surface area contributed by atoms with Crippen LogP contribution in [0.2, 0.25) is 0 Å². The fourth-order valence-electron chi connectivity index (χ4n) is 1.71. The number of carboxylic acid groups (broad SMARTS) is 1. The Morgan fingerprint density at radius 1 is 1.68 bits per heavy atom. The molecule has 0 saturated carbocycles. The second kappa shape index (κ2) is 5.46. The zero-order valence-corrected chi connectivity index (χ0v) is 11.2. The highest BCUT2D eigenvalue weighted by atomic mass is 35.5. The van der Waals surface area contributed by atoms with Crippen LogP contribution in [-0.2, 0) is 14.4 Å². The van der Waals surface area contributed by atoms with Gasteiger partial charge in [0.2, 0.25) is 5.91 Å². The molecule has 9 heteroatoms. The maximum absolute atomic E-state index is 12.2. The van der Waals surface area contributed by atoms with Gasteiger partial charge < -0.3 is 10.0 Å². The molecule has 0 aliphatic carbocycles. The van der Waals surface area contributed by atoms with E-state index < -0.39 is 34.6 Å². The van der Waals surface area contributed by atoms with Crippen LogP contribution in [0.4, 0.5) is 0 Å². The lowest BCUT2D eigenvalue weighted by Gasteiger charge is -2.41. The average Bonchev–Trinajstić information content (AvgIpc) is 2.32. The van der Waals surface area contributed by atoms with Crippen LogP contribution < -0.4 is 0 Å². The van der Waals surface area contributed by atoms with Crippen molar-refractivity contribution in [1.29, 1.82) is 0 Å². The minimum absolute atomic E-state index is 0.00932. The average molecular weight is 289 g/mol. The van der Waals surface area contributed by atoms with Gasteiger partial charge in [0.1, 0.15) is 5.50 Å². The maximum atomic E-state index is 12.2. The number of halogens is 1. The molecular formula is C10H13ClN4O4. The fraction of sp³-hybridized carbons (Fsp3) is 0.700. The predicted molar refractivity (Wildman–Crippen MR) is 65.3 cm³/mol. The SMILES string of the molecule is CC(C)(CN=[N+]=[N-])C(=O)C(C(=O)O)N1C(=O)CC1Cl. The first-order valence-electron chi connectivity index (χ1n) is 5.45. The summed E-state index contributed by atoms with van der Waals surface area (Å²) in [6.07, 6.45) is 0.00932. The molecule has 1 N–H and O–H groups in total. The molecule has 1 aliphatic rings. The third-order valence-corrected chi connectivity index (χ3v) is 3.25. The topological polar surface area (TPSA) is 123 Å². The molecule has 1 heterocycles. The number of carbonyl (C=O) groups excluding carboxylic acids is 2. The van der Waals surface area contributed by atoms with Crippen LogP contribution in [0.3, 0.4) is 0 Å². The van der Waals surface area contributed by atoms with Crippen LogP contribution >= 0.6 is 11.6 Å². The van der Waals surface area contributed by atoms with Gasteiger partial charge in [-0.05, 0) is 5.53 Å². The van der Waals surface area contributed by atoms with Crippen LogP contribution in [0.5, 0.6) is 0 Å². The molecule has 19 heavy (non-hydrogen) atoms. The normalized spacial score (nSPS) is 20.3. The second-order valence-electron chi connectivity index (χ2n) is 4.82. The monoisotopic (exact) mass is 288 g/mol. The number of hydrogen-bond donors (Lipinski definition) is 1. The predicted octanol–water partition coefficient (Wildman–Crippen LogP) is 1.14. The number of hydrogen-bond acceptors (Lipinski definition) is 4. The molecule has 0 spiro atoms. The quantitative estimate of drug-likeness (QED) is 0.150. The van der Waals surface area contributed by atoms with Gasteiger partial charge in [-0.1, -0.05) is 30.6 Å². The summed E-state index contributed by atoms with van der Waals surface area (Å²) >= 11 is 5.75. The van der Waals surface area contributed by atoms with Crippen molar-refractivity contribution in [3.05, 3.63) is 10.4 Å². The molecule has 2 atom stereocenters. The van der Waals surface area contributed by atoms with Crippen molar-refractivity contribution in [3.8, 4) is 0 Å². The number of rotatable bonds is 6. The lowest BCUT2D eigenvalue weighted by atomic mass is 9.83. The van der Waals surface area contributed by atoms with E-state index in [1.165, 1.54) is 13.8 Å². The number of carboxylic acids is 1. The Labute approximate surface area is 113 Å². The summed E-state index contributed by atoms with van der Waals surface area (Å²) < 4.78 is 0. The Kier molecular flexibility index (Phi) is 4.39. The molecule has 0 bridgehead atoms. The van der Waals surface area contributed by atoms with Gasteiger partial charge in [-0.25, -0.2) is 4.79 Å². The number of azide groups is 1. The van der Waals surface area contributed by atoms with Gasteiger partial charge in [0.25, 0.3) is 0 Å². The summed E-state index contributed by atoms with van der Waals surface area (Å²) in [6.45, 7) is 2.71. The molecule has 1 amide bonds. The van der Waals surface area contributed by atoms with Gasteiger partial charge in [0, 0.05) is 16.9 Å². The van der Waals surface area contributed by atoms with Crippen LogP contribution in [0.15, 0.2) is 5.11 Å². The Balaban J connectivity index is 3.00. The van der Waals surface area contributed by atoms with E-state index in [0.29, 0.717) is 0 Å². The van der Waals surface area contributed by atoms with Gasteiger partial charge in [-0.2, -0.15) is 0 Å². The molecule has 0 aromatic carbocycles.